The lowest BCUT2D eigenvalue weighted by Crippen LogP contribution is -2.22. The number of aromatic nitrogens is 1. The molecule has 3 nitrogen and oxygen atoms in total. The van der Waals surface area contributed by atoms with Crippen LogP contribution in [0.1, 0.15) is 26.3 Å². The van der Waals surface area contributed by atoms with E-state index in [1.54, 1.807) is 11.6 Å². The summed E-state index contributed by atoms with van der Waals surface area (Å²) < 4.78 is 1.56. The Morgan fingerprint density at radius 1 is 1.21 bits per heavy atom. The average Bonchev–Trinajstić information content (AvgIpc) is 2.35. The minimum absolute atomic E-state index is 0.130. The van der Waals surface area contributed by atoms with Crippen molar-refractivity contribution in [1.82, 2.24) is 4.57 Å². The molecule has 1 heterocycles. The van der Waals surface area contributed by atoms with Crippen LogP contribution in [0.25, 0.3) is 10.9 Å². The standard InChI is InChI=1S/C16H18N2O/c1-16(2,3)10-9-12-11-7-5-6-8-13(11)18(4)15(19)14(12)17/h5-8H,17H2,1-4H3. The molecule has 0 fully saturated rings. The topological polar surface area (TPSA) is 48.0 Å². The van der Waals surface area contributed by atoms with E-state index < -0.39 is 0 Å². The van der Waals surface area contributed by atoms with Gasteiger partial charge < -0.3 is 10.3 Å². The summed E-state index contributed by atoms with van der Waals surface area (Å²) >= 11 is 0. The van der Waals surface area contributed by atoms with Crippen molar-refractivity contribution in [1.29, 1.82) is 0 Å². The maximum absolute atomic E-state index is 12.1. The molecule has 0 aliphatic carbocycles. The molecule has 0 unspecified atom stereocenters. The largest absolute Gasteiger partial charge is 0.393 e. The van der Waals surface area contributed by atoms with Crippen molar-refractivity contribution in [3.8, 4) is 11.8 Å². The van der Waals surface area contributed by atoms with Crippen molar-refractivity contribution in [3.05, 3.63) is 40.2 Å². The molecule has 0 aliphatic rings. The summed E-state index contributed by atoms with van der Waals surface area (Å²) in [6, 6.07) is 7.67. The van der Waals surface area contributed by atoms with Gasteiger partial charge in [0, 0.05) is 17.8 Å². The molecular weight excluding hydrogens is 236 g/mol. The summed E-state index contributed by atoms with van der Waals surface area (Å²) in [6.45, 7) is 6.08. The lowest BCUT2D eigenvalue weighted by Gasteiger charge is -2.11. The van der Waals surface area contributed by atoms with Crippen molar-refractivity contribution in [2.24, 2.45) is 12.5 Å². The Morgan fingerprint density at radius 2 is 1.84 bits per heavy atom. The van der Waals surface area contributed by atoms with Gasteiger partial charge in [-0.3, -0.25) is 4.79 Å². The molecule has 0 aliphatic heterocycles. The first kappa shape index (κ1) is 13.2. The Hall–Kier alpha value is -2.21. The number of para-hydroxylation sites is 1. The number of pyridine rings is 1. The zero-order chi connectivity index (χ0) is 14.2. The van der Waals surface area contributed by atoms with Crippen molar-refractivity contribution in [2.75, 3.05) is 5.73 Å². The van der Waals surface area contributed by atoms with E-state index in [9.17, 15) is 4.79 Å². The minimum atomic E-state index is -0.197. The number of aryl methyl sites for hydroxylation is 1. The molecule has 0 saturated carbocycles. The lowest BCUT2D eigenvalue weighted by atomic mass is 9.96. The fourth-order valence-corrected chi connectivity index (χ4v) is 1.90. The fourth-order valence-electron chi connectivity index (χ4n) is 1.90. The molecule has 1 aromatic carbocycles. The van der Waals surface area contributed by atoms with Gasteiger partial charge in [0.1, 0.15) is 5.69 Å². The SMILES string of the molecule is Cn1c(=O)c(N)c(C#CC(C)(C)C)c2ccccc21. The number of hydrogen-bond acceptors (Lipinski definition) is 2. The third-order valence-corrected chi connectivity index (χ3v) is 2.90. The molecule has 98 valence electrons. The van der Waals surface area contributed by atoms with Gasteiger partial charge in [0.2, 0.25) is 0 Å². The maximum Gasteiger partial charge on any atom is 0.275 e. The number of nitrogens with two attached hydrogens (primary N) is 1. The first-order chi connectivity index (χ1) is 8.81. The molecule has 0 bridgehead atoms. The summed E-state index contributed by atoms with van der Waals surface area (Å²) in [5.41, 5.74) is 7.32. The van der Waals surface area contributed by atoms with Crippen LogP contribution in [0.4, 0.5) is 5.69 Å². The molecule has 0 spiro atoms. The van der Waals surface area contributed by atoms with Gasteiger partial charge in [0.25, 0.3) is 5.56 Å². The molecule has 2 aromatic rings. The van der Waals surface area contributed by atoms with Crippen LogP contribution in [0.3, 0.4) is 0 Å². The van der Waals surface area contributed by atoms with Gasteiger partial charge >= 0.3 is 0 Å². The Balaban J connectivity index is 2.87. The van der Waals surface area contributed by atoms with E-state index >= 15 is 0 Å². The Bertz CT molecular complexity index is 752. The smallest absolute Gasteiger partial charge is 0.275 e. The van der Waals surface area contributed by atoms with Crippen LogP contribution < -0.4 is 11.3 Å². The Morgan fingerprint density at radius 3 is 2.47 bits per heavy atom. The monoisotopic (exact) mass is 254 g/mol. The average molecular weight is 254 g/mol. The maximum atomic E-state index is 12.1. The lowest BCUT2D eigenvalue weighted by molar-refractivity contribution is 0.571. The predicted molar refractivity (Wildman–Crippen MR) is 79.9 cm³/mol. The molecule has 2 N–H and O–H groups in total. The van der Waals surface area contributed by atoms with E-state index in [4.69, 9.17) is 5.73 Å². The van der Waals surface area contributed by atoms with Crippen molar-refractivity contribution in [3.63, 3.8) is 0 Å². The minimum Gasteiger partial charge on any atom is -0.393 e. The molecule has 19 heavy (non-hydrogen) atoms. The molecule has 0 atom stereocenters. The first-order valence-electron chi connectivity index (χ1n) is 6.21. The number of nitrogen functional groups attached to an aromatic ring is 1. The molecular formula is C16H18N2O. The third-order valence-electron chi connectivity index (χ3n) is 2.90. The molecule has 1 aromatic heterocycles. The van der Waals surface area contributed by atoms with E-state index in [1.165, 1.54) is 0 Å². The summed E-state index contributed by atoms with van der Waals surface area (Å²) in [5, 5.41) is 0.916. The summed E-state index contributed by atoms with van der Waals surface area (Å²) in [7, 11) is 1.72. The molecule has 0 radical (unpaired) electrons. The zero-order valence-electron chi connectivity index (χ0n) is 11.7. The second kappa shape index (κ2) is 4.47. The van der Waals surface area contributed by atoms with E-state index in [0.717, 1.165) is 10.9 Å². The third kappa shape index (κ3) is 2.48. The van der Waals surface area contributed by atoms with Crippen LogP contribution >= 0.6 is 0 Å². The van der Waals surface area contributed by atoms with Gasteiger partial charge in [-0.15, -0.1) is 0 Å². The zero-order valence-corrected chi connectivity index (χ0v) is 11.7. The quantitative estimate of drug-likeness (QED) is 0.734. The van der Waals surface area contributed by atoms with Gasteiger partial charge in [0.15, 0.2) is 0 Å². The Kier molecular flexibility index (Phi) is 3.11. The highest BCUT2D eigenvalue weighted by atomic mass is 16.1. The number of nitrogens with zero attached hydrogens (tertiary/aromatic N) is 1. The van der Waals surface area contributed by atoms with Crippen molar-refractivity contribution in [2.45, 2.75) is 20.8 Å². The summed E-state index contributed by atoms with van der Waals surface area (Å²) in [4.78, 5) is 12.1. The summed E-state index contributed by atoms with van der Waals surface area (Å²) in [6.07, 6.45) is 0. The van der Waals surface area contributed by atoms with E-state index in [1.807, 2.05) is 45.0 Å². The molecule has 3 heteroatoms. The van der Waals surface area contributed by atoms with Crippen molar-refractivity contribution < 1.29 is 0 Å². The number of benzene rings is 1. The predicted octanol–water partition coefficient (Wildman–Crippen LogP) is 2.52. The molecule has 0 saturated heterocycles. The highest BCUT2D eigenvalue weighted by Crippen LogP contribution is 2.21. The highest BCUT2D eigenvalue weighted by molar-refractivity contribution is 5.89. The fraction of sp³-hybridized carbons (Fsp3) is 0.312. The van der Waals surface area contributed by atoms with Gasteiger partial charge in [-0.1, -0.05) is 30.0 Å². The van der Waals surface area contributed by atoms with E-state index in [2.05, 4.69) is 11.8 Å². The van der Waals surface area contributed by atoms with Crippen LogP contribution in [0.15, 0.2) is 29.1 Å². The van der Waals surface area contributed by atoms with E-state index in [0.29, 0.717) is 5.56 Å². The molecule has 2 rings (SSSR count). The van der Waals surface area contributed by atoms with Gasteiger partial charge in [0.05, 0.1) is 11.1 Å². The highest BCUT2D eigenvalue weighted by Gasteiger charge is 2.11. The van der Waals surface area contributed by atoms with Gasteiger partial charge in [-0.05, 0) is 26.8 Å². The summed E-state index contributed by atoms with van der Waals surface area (Å²) in [5.74, 6) is 6.22. The van der Waals surface area contributed by atoms with Crippen molar-refractivity contribution >= 4 is 16.6 Å². The molecule has 0 amide bonds. The number of anilines is 1. The van der Waals surface area contributed by atoms with Crippen LogP contribution in [0.5, 0.6) is 0 Å². The van der Waals surface area contributed by atoms with Crippen LogP contribution in [-0.2, 0) is 7.05 Å². The van der Waals surface area contributed by atoms with Crippen LogP contribution in [0, 0.1) is 17.3 Å². The number of hydrogen-bond donors (Lipinski definition) is 1. The van der Waals surface area contributed by atoms with Gasteiger partial charge in [-0.2, -0.15) is 0 Å². The van der Waals surface area contributed by atoms with Crippen LogP contribution in [0.2, 0.25) is 0 Å². The van der Waals surface area contributed by atoms with Gasteiger partial charge in [-0.25, -0.2) is 0 Å². The van der Waals surface area contributed by atoms with E-state index in [-0.39, 0.29) is 16.7 Å². The Labute approximate surface area is 113 Å². The first-order valence-corrected chi connectivity index (χ1v) is 6.21. The second-order valence-electron chi connectivity index (χ2n) is 5.67. The van der Waals surface area contributed by atoms with Crippen LogP contribution in [-0.4, -0.2) is 4.57 Å². The number of rotatable bonds is 0. The normalized spacial score (nSPS) is 11.2. The second-order valence-corrected chi connectivity index (χ2v) is 5.67. The number of fused-ring (bicyclic) bond motifs is 1.